The van der Waals surface area contributed by atoms with E-state index in [0.717, 1.165) is 12.8 Å². The fourth-order valence-corrected chi connectivity index (χ4v) is 0.775. The van der Waals surface area contributed by atoms with E-state index in [0.29, 0.717) is 0 Å². The molecule has 1 unspecified atom stereocenters. The molecule has 4 heteroatoms. The molecule has 0 aromatic carbocycles. The van der Waals surface area contributed by atoms with E-state index < -0.39 is 8.25 Å². The first-order chi connectivity index (χ1) is 5.81. The fraction of sp³-hybridized carbons (Fsp3) is 0.500. The highest BCUT2D eigenvalue weighted by atomic mass is 31.1. The van der Waals surface area contributed by atoms with Crippen LogP contribution in [0.2, 0.25) is 0 Å². The molecule has 0 radical (unpaired) electrons. The molecule has 0 spiro atoms. The Morgan fingerprint density at radius 1 is 1.58 bits per heavy atom. The standard InChI is InChI=1S/C8H13O3P/c1-3-4-5-6-7-8-11-12(9)10-2/h3,12H,1,4-5,8H2,2H3. The summed E-state index contributed by atoms with van der Waals surface area (Å²) in [6.07, 6.45) is 3.43. The van der Waals surface area contributed by atoms with Gasteiger partial charge in [-0.05, 0) is 6.42 Å². The van der Waals surface area contributed by atoms with Crippen LogP contribution < -0.4 is 0 Å². The van der Waals surface area contributed by atoms with Crippen LogP contribution in [0.5, 0.6) is 0 Å². The van der Waals surface area contributed by atoms with Crippen molar-refractivity contribution in [2.24, 2.45) is 0 Å². The normalized spacial score (nSPS) is 11.4. The summed E-state index contributed by atoms with van der Waals surface area (Å²) in [5.74, 6) is 5.55. The van der Waals surface area contributed by atoms with E-state index in [9.17, 15) is 4.57 Å². The number of hydrogen-bond acceptors (Lipinski definition) is 3. The highest BCUT2D eigenvalue weighted by Crippen LogP contribution is 2.20. The molecule has 0 aromatic heterocycles. The molecule has 1 atom stereocenters. The van der Waals surface area contributed by atoms with Crippen LogP contribution in [-0.4, -0.2) is 13.7 Å². The van der Waals surface area contributed by atoms with Crippen LogP contribution in [0.3, 0.4) is 0 Å². The molecule has 0 aliphatic rings. The molecule has 68 valence electrons. The molecule has 0 aliphatic carbocycles. The topological polar surface area (TPSA) is 35.5 Å². The number of hydrogen-bond donors (Lipinski definition) is 0. The minimum atomic E-state index is -2.29. The van der Waals surface area contributed by atoms with Crippen molar-refractivity contribution in [2.75, 3.05) is 13.7 Å². The summed E-state index contributed by atoms with van der Waals surface area (Å²) in [4.78, 5) is 0. The molecule has 12 heavy (non-hydrogen) atoms. The monoisotopic (exact) mass is 188 g/mol. The average molecular weight is 188 g/mol. The van der Waals surface area contributed by atoms with Crippen LogP contribution >= 0.6 is 8.25 Å². The van der Waals surface area contributed by atoms with Crippen molar-refractivity contribution in [1.82, 2.24) is 0 Å². The van der Waals surface area contributed by atoms with Crippen molar-refractivity contribution >= 4 is 8.25 Å². The summed E-state index contributed by atoms with van der Waals surface area (Å²) in [5, 5.41) is 0. The molecular weight excluding hydrogens is 175 g/mol. The quantitative estimate of drug-likeness (QED) is 0.286. The van der Waals surface area contributed by atoms with Crippen LogP contribution in [0, 0.1) is 11.8 Å². The molecule has 0 heterocycles. The maximum absolute atomic E-state index is 10.6. The molecule has 0 saturated heterocycles. The molecule has 0 bridgehead atoms. The first kappa shape index (κ1) is 11.4. The van der Waals surface area contributed by atoms with Crippen molar-refractivity contribution < 1.29 is 13.6 Å². The predicted octanol–water partition coefficient (Wildman–Crippen LogP) is 2.01. The van der Waals surface area contributed by atoms with Gasteiger partial charge in [-0.25, -0.2) is 0 Å². The van der Waals surface area contributed by atoms with E-state index in [1.807, 2.05) is 0 Å². The lowest BCUT2D eigenvalue weighted by Crippen LogP contribution is -1.81. The second-order valence-corrected chi connectivity index (χ2v) is 3.12. The van der Waals surface area contributed by atoms with Crippen molar-refractivity contribution in [2.45, 2.75) is 12.8 Å². The Balaban J connectivity index is 3.32. The molecule has 0 N–H and O–H groups in total. The van der Waals surface area contributed by atoms with Gasteiger partial charge in [0, 0.05) is 13.5 Å². The maximum Gasteiger partial charge on any atom is 0.319 e. The first-order valence-corrected chi connectivity index (χ1v) is 4.81. The third-order valence-electron chi connectivity index (χ3n) is 1.03. The highest BCUT2D eigenvalue weighted by molar-refractivity contribution is 7.33. The largest absolute Gasteiger partial charge is 0.319 e. The molecular formula is C8H13O3P. The Labute approximate surface area is 73.7 Å². The van der Waals surface area contributed by atoms with E-state index in [-0.39, 0.29) is 6.61 Å². The van der Waals surface area contributed by atoms with Gasteiger partial charge in [-0.15, -0.1) is 12.5 Å². The summed E-state index contributed by atoms with van der Waals surface area (Å²) >= 11 is 0. The van der Waals surface area contributed by atoms with E-state index in [4.69, 9.17) is 4.52 Å². The van der Waals surface area contributed by atoms with Gasteiger partial charge in [-0.2, -0.15) is 0 Å². The predicted molar refractivity (Wildman–Crippen MR) is 49.2 cm³/mol. The summed E-state index contributed by atoms with van der Waals surface area (Å²) in [5.41, 5.74) is 0. The first-order valence-electron chi connectivity index (χ1n) is 3.58. The summed E-state index contributed by atoms with van der Waals surface area (Å²) < 4.78 is 19.7. The van der Waals surface area contributed by atoms with Crippen molar-refractivity contribution in [3.8, 4) is 11.8 Å². The van der Waals surface area contributed by atoms with E-state index >= 15 is 0 Å². The van der Waals surface area contributed by atoms with Gasteiger partial charge in [0.25, 0.3) is 0 Å². The molecule has 0 aromatic rings. The SMILES string of the molecule is C=CCCC#CCO[PH](=O)OC. The van der Waals surface area contributed by atoms with Crippen molar-refractivity contribution in [3.63, 3.8) is 0 Å². The van der Waals surface area contributed by atoms with Gasteiger partial charge in [0.05, 0.1) is 0 Å². The zero-order chi connectivity index (χ0) is 9.23. The van der Waals surface area contributed by atoms with Crippen LogP contribution in [0.15, 0.2) is 12.7 Å². The Bertz CT molecular complexity index is 202. The summed E-state index contributed by atoms with van der Waals surface area (Å²) in [6.45, 7) is 3.73. The summed E-state index contributed by atoms with van der Waals surface area (Å²) in [7, 11) is -0.954. The van der Waals surface area contributed by atoms with Crippen LogP contribution in [0.1, 0.15) is 12.8 Å². The minimum Gasteiger partial charge on any atom is -0.314 e. The van der Waals surface area contributed by atoms with Gasteiger partial charge in [-0.1, -0.05) is 12.0 Å². The molecule has 0 saturated carbocycles. The minimum absolute atomic E-state index is 0.169. The lowest BCUT2D eigenvalue weighted by molar-refractivity contribution is 0.283. The van der Waals surface area contributed by atoms with Gasteiger partial charge in [-0.3, -0.25) is 9.09 Å². The second-order valence-electron chi connectivity index (χ2n) is 1.92. The maximum atomic E-state index is 10.6. The Morgan fingerprint density at radius 3 is 2.92 bits per heavy atom. The third-order valence-corrected chi connectivity index (χ3v) is 1.74. The van der Waals surface area contributed by atoms with E-state index in [2.05, 4.69) is 22.9 Å². The smallest absolute Gasteiger partial charge is 0.314 e. The molecule has 3 nitrogen and oxygen atoms in total. The highest BCUT2D eigenvalue weighted by Gasteiger charge is 1.90. The average Bonchev–Trinajstić information content (AvgIpc) is 2.10. The number of unbranched alkanes of at least 4 members (excludes halogenated alkanes) is 1. The van der Waals surface area contributed by atoms with Gasteiger partial charge < -0.3 is 4.52 Å². The lowest BCUT2D eigenvalue weighted by atomic mass is 10.3. The Hall–Kier alpha value is -0.550. The lowest BCUT2D eigenvalue weighted by Gasteiger charge is -1.94. The molecule has 0 amide bonds. The van der Waals surface area contributed by atoms with Crippen molar-refractivity contribution in [1.29, 1.82) is 0 Å². The third kappa shape index (κ3) is 7.56. The molecule has 0 aliphatic heterocycles. The second kappa shape index (κ2) is 8.55. The molecule has 0 rings (SSSR count). The van der Waals surface area contributed by atoms with E-state index in [1.165, 1.54) is 7.11 Å². The van der Waals surface area contributed by atoms with Crippen LogP contribution in [0.25, 0.3) is 0 Å². The van der Waals surface area contributed by atoms with Gasteiger partial charge in [0.15, 0.2) is 0 Å². The van der Waals surface area contributed by atoms with E-state index in [1.54, 1.807) is 6.08 Å². The van der Waals surface area contributed by atoms with Gasteiger partial charge in [0.2, 0.25) is 0 Å². The summed E-state index contributed by atoms with van der Waals surface area (Å²) in [6, 6.07) is 0. The Kier molecular flexibility index (Phi) is 8.15. The molecule has 0 fully saturated rings. The zero-order valence-electron chi connectivity index (χ0n) is 7.13. The fourth-order valence-electron chi connectivity index (χ4n) is 0.468. The van der Waals surface area contributed by atoms with Crippen molar-refractivity contribution in [3.05, 3.63) is 12.7 Å². The zero-order valence-corrected chi connectivity index (χ0v) is 8.13. The number of allylic oxidation sites excluding steroid dienone is 1. The number of rotatable bonds is 5. The van der Waals surface area contributed by atoms with Crippen LogP contribution in [-0.2, 0) is 13.6 Å². The van der Waals surface area contributed by atoms with Gasteiger partial charge in [0.1, 0.15) is 6.61 Å². The Morgan fingerprint density at radius 2 is 2.33 bits per heavy atom. The van der Waals surface area contributed by atoms with Gasteiger partial charge >= 0.3 is 8.25 Å². The van der Waals surface area contributed by atoms with Crippen LogP contribution in [0.4, 0.5) is 0 Å².